The molecule has 0 aliphatic heterocycles. The maximum Gasteiger partial charge on any atom is 0.411 e. The number of hydrogen-bond acceptors (Lipinski definition) is 3. The number of nitrogens with zero attached hydrogens (tertiary/aromatic N) is 1. The lowest BCUT2D eigenvalue weighted by Gasteiger charge is -2.06. The van der Waals surface area contributed by atoms with E-state index in [2.05, 4.69) is 15.5 Å². The molecular weight excluding hydrogens is 170 g/mol. The SMILES string of the molecule is CC(C)COC(=O)Nc1cn[nH]c1. The zero-order valence-electron chi connectivity index (χ0n) is 7.70. The molecule has 1 rings (SSSR count). The van der Waals surface area contributed by atoms with Crippen molar-refractivity contribution in [3.8, 4) is 0 Å². The standard InChI is InChI=1S/C8H13N3O2/c1-6(2)5-13-8(12)11-7-3-9-10-4-7/h3-4,6H,5H2,1-2H3,(H,9,10)(H,11,12). The Morgan fingerprint density at radius 3 is 3.08 bits per heavy atom. The number of aromatic nitrogens is 2. The van der Waals surface area contributed by atoms with Gasteiger partial charge in [-0.25, -0.2) is 4.79 Å². The fourth-order valence-electron chi connectivity index (χ4n) is 0.716. The molecule has 0 spiro atoms. The first-order chi connectivity index (χ1) is 6.18. The summed E-state index contributed by atoms with van der Waals surface area (Å²) in [6.07, 6.45) is 2.64. The van der Waals surface area contributed by atoms with Crippen LogP contribution in [0.3, 0.4) is 0 Å². The van der Waals surface area contributed by atoms with E-state index < -0.39 is 6.09 Å². The zero-order chi connectivity index (χ0) is 9.68. The van der Waals surface area contributed by atoms with Crippen molar-refractivity contribution in [3.63, 3.8) is 0 Å². The number of nitrogens with one attached hydrogen (secondary N) is 2. The van der Waals surface area contributed by atoms with Crippen LogP contribution in [-0.2, 0) is 4.74 Å². The molecule has 0 aliphatic carbocycles. The van der Waals surface area contributed by atoms with Gasteiger partial charge in [-0.1, -0.05) is 13.8 Å². The molecule has 1 amide bonds. The molecule has 0 saturated heterocycles. The van der Waals surface area contributed by atoms with Crippen LogP contribution in [0.2, 0.25) is 0 Å². The Morgan fingerprint density at radius 2 is 2.54 bits per heavy atom. The molecule has 1 heterocycles. The van der Waals surface area contributed by atoms with E-state index in [0.717, 1.165) is 0 Å². The largest absolute Gasteiger partial charge is 0.449 e. The third-order valence-electron chi connectivity index (χ3n) is 1.29. The Hall–Kier alpha value is -1.52. The molecule has 0 radical (unpaired) electrons. The van der Waals surface area contributed by atoms with Crippen LogP contribution in [0.15, 0.2) is 12.4 Å². The van der Waals surface area contributed by atoms with Gasteiger partial charge >= 0.3 is 6.09 Å². The van der Waals surface area contributed by atoms with Crippen molar-refractivity contribution in [3.05, 3.63) is 12.4 Å². The topological polar surface area (TPSA) is 67.0 Å². The Balaban J connectivity index is 2.26. The molecule has 0 saturated carbocycles. The Labute approximate surface area is 76.5 Å². The zero-order valence-corrected chi connectivity index (χ0v) is 7.70. The molecule has 5 heteroatoms. The van der Waals surface area contributed by atoms with E-state index in [-0.39, 0.29) is 0 Å². The van der Waals surface area contributed by atoms with Gasteiger partial charge in [0.25, 0.3) is 0 Å². The smallest absolute Gasteiger partial charge is 0.411 e. The summed E-state index contributed by atoms with van der Waals surface area (Å²) in [6.45, 7) is 4.37. The van der Waals surface area contributed by atoms with E-state index in [1.165, 1.54) is 6.20 Å². The second-order valence-electron chi connectivity index (χ2n) is 3.10. The van der Waals surface area contributed by atoms with E-state index in [0.29, 0.717) is 18.2 Å². The van der Waals surface area contributed by atoms with Crippen molar-refractivity contribution in [2.75, 3.05) is 11.9 Å². The monoisotopic (exact) mass is 183 g/mol. The van der Waals surface area contributed by atoms with Crippen LogP contribution in [-0.4, -0.2) is 22.9 Å². The van der Waals surface area contributed by atoms with Crippen LogP contribution in [0.25, 0.3) is 0 Å². The fraction of sp³-hybridized carbons (Fsp3) is 0.500. The van der Waals surface area contributed by atoms with Crippen molar-refractivity contribution >= 4 is 11.8 Å². The number of carbonyl (C=O) groups excluding carboxylic acids is 1. The number of amides is 1. The number of rotatable bonds is 3. The minimum atomic E-state index is -0.449. The quantitative estimate of drug-likeness (QED) is 0.748. The average molecular weight is 183 g/mol. The van der Waals surface area contributed by atoms with Crippen LogP contribution >= 0.6 is 0 Å². The summed E-state index contributed by atoms with van der Waals surface area (Å²) in [6, 6.07) is 0. The van der Waals surface area contributed by atoms with Crippen LogP contribution in [0.4, 0.5) is 10.5 Å². The summed E-state index contributed by atoms with van der Waals surface area (Å²) in [4.78, 5) is 11.0. The van der Waals surface area contributed by atoms with Crippen molar-refractivity contribution in [1.82, 2.24) is 10.2 Å². The number of hydrogen-bond donors (Lipinski definition) is 2. The lowest BCUT2D eigenvalue weighted by molar-refractivity contribution is 0.147. The third-order valence-corrected chi connectivity index (χ3v) is 1.29. The molecule has 0 bridgehead atoms. The molecule has 13 heavy (non-hydrogen) atoms. The molecule has 0 unspecified atom stereocenters. The summed E-state index contributed by atoms with van der Waals surface area (Å²) in [5.41, 5.74) is 0.605. The molecule has 0 aromatic carbocycles. The van der Waals surface area contributed by atoms with Gasteiger partial charge < -0.3 is 4.74 Å². The number of carbonyl (C=O) groups is 1. The van der Waals surface area contributed by atoms with Crippen LogP contribution < -0.4 is 5.32 Å². The van der Waals surface area contributed by atoms with Gasteiger partial charge in [-0.3, -0.25) is 10.4 Å². The van der Waals surface area contributed by atoms with E-state index in [4.69, 9.17) is 4.74 Å². The van der Waals surface area contributed by atoms with Gasteiger partial charge in [0.1, 0.15) is 0 Å². The van der Waals surface area contributed by atoms with E-state index in [1.807, 2.05) is 13.8 Å². The Bertz CT molecular complexity index is 256. The predicted octanol–water partition coefficient (Wildman–Crippen LogP) is 1.61. The van der Waals surface area contributed by atoms with Crippen molar-refractivity contribution < 1.29 is 9.53 Å². The first-order valence-electron chi connectivity index (χ1n) is 4.11. The minimum absolute atomic E-state index is 0.343. The second-order valence-corrected chi connectivity index (χ2v) is 3.10. The van der Waals surface area contributed by atoms with Gasteiger partial charge in [0.2, 0.25) is 0 Å². The first kappa shape index (κ1) is 9.57. The third kappa shape index (κ3) is 3.59. The summed E-state index contributed by atoms with van der Waals surface area (Å²) < 4.78 is 4.89. The Morgan fingerprint density at radius 1 is 1.77 bits per heavy atom. The molecule has 0 aliphatic rings. The van der Waals surface area contributed by atoms with Crippen LogP contribution in [0, 0.1) is 5.92 Å². The van der Waals surface area contributed by atoms with Gasteiger partial charge in [0.05, 0.1) is 18.5 Å². The highest BCUT2D eigenvalue weighted by molar-refractivity contribution is 5.83. The Kier molecular flexibility index (Phi) is 3.31. The molecule has 72 valence electrons. The number of ether oxygens (including phenoxy) is 1. The molecule has 2 N–H and O–H groups in total. The highest BCUT2D eigenvalue weighted by Gasteiger charge is 2.04. The molecule has 1 aromatic heterocycles. The van der Waals surface area contributed by atoms with Gasteiger partial charge in [0.15, 0.2) is 0 Å². The van der Waals surface area contributed by atoms with Gasteiger partial charge in [0, 0.05) is 6.20 Å². The first-order valence-corrected chi connectivity index (χ1v) is 4.11. The molecule has 0 atom stereocenters. The van der Waals surface area contributed by atoms with Crippen molar-refractivity contribution in [2.45, 2.75) is 13.8 Å². The van der Waals surface area contributed by atoms with Gasteiger partial charge in [-0.2, -0.15) is 5.10 Å². The highest BCUT2D eigenvalue weighted by Crippen LogP contribution is 2.02. The van der Waals surface area contributed by atoms with Crippen molar-refractivity contribution in [2.24, 2.45) is 5.92 Å². The van der Waals surface area contributed by atoms with Crippen molar-refractivity contribution in [1.29, 1.82) is 0 Å². The minimum Gasteiger partial charge on any atom is -0.449 e. The second kappa shape index (κ2) is 4.49. The van der Waals surface area contributed by atoms with Gasteiger partial charge in [-0.15, -0.1) is 0 Å². The molecule has 1 aromatic rings. The fourth-order valence-corrected chi connectivity index (χ4v) is 0.716. The molecule has 0 fully saturated rings. The highest BCUT2D eigenvalue weighted by atomic mass is 16.5. The number of H-pyrrole nitrogens is 1. The van der Waals surface area contributed by atoms with E-state index in [1.54, 1.807) is 6.20 Å². The molecular formula is C8H13N3O2. The normalized spacial score (nSPS) is 10.1. The number of anilines is 1. The van der Waals surface area contributed by atoms with E-state index >= 15 is 0 Å². The van der Waals surface area contributed by atoms with Gasteiger partial charge in [-0.05, 0) is 5.92 Å². The average Bonchev–Trinajstić information content (AvgIpc) is 2.53. The summed E-state index contributed by atoms with van der Waals surface area (Å²) in [5, 5.41) is 8.78. The summed E-state index contributed by atoms with van der Waals surface area (Å²) in [5.74, 6) is 0.343. The lowest BCUT2D eigenvalue weighted by Crippen LogP contribution is -2.16. The maximum absolute atomic E-state index is 11.0. The predicted molar refractivity (Wildman–Crippen MR) is 48.4 cm³/mol. The molecule has 5 nitrogen and oxygen atoms in total. The summed E-state index contributed by atoms with van der Waals surface area (Å²) in [7, 11) is 0. The maximum atomic E-state index is 11.0. The number of aromatic amines is 1. The van der Waals surface area contributed by atoms with Crippen LogP contribution in [0.1, 0.15) is 13.8 Å². The van der Waals surface area contributed by atoms with E-state index in [9.17, 15) is 4.79 Å². The van der Waals surface area contributed by atoms with Crippen LogP contribution in [0.5, 0.6) is 0 Å². The lowest BCUT2D eigenvalue weighted by atomic mass is 10.2. The summed E-state index contributed by atoms with van der Waals surface area (Å²) >= 11 is 0.